The Kier molecular flexibility index (Phi) is 7.55. The minimum absolute atomic E-state index is 0.762. The van der Waals surface area contributed by atoms with Crippen LogP contribution in [0, 0.1) is 11.8 Å². The molecule has 0 amide bonds. The van der Waals surface area contributed by atoms with Crippen LogP contribution < -0.4 is 5.32 Å². The molecule has 16 heavy (non-hydrogen) atoms. The van der Waals surface area contributed by atoms with Crippen molar-refractivity contribution in [1.82, 2.24) is 5.32 Å². The Morgan fingerprint density at radius 2 is 1.94 bits per heavy atom. The number of hydrogen-bond acceptors (Lipinski definition) is 2. The molecule has 0 aromatic rings. The summed E-state index contributed by atoms with van der Waals surface area (Å²) in [7, 11) is 0. The maximum atomic E-state index is 3.76. The molecule has 2 heteroatoms. The minimum Gasteiger partial charge on any atom is -0.314 e. The van der Waals surface area contributed by atoms with Gasteiger partial charge in [0, 0.05) is 6.04 Å². The lowest BCUT2D eigenvalue weighted by atomic mass is 9.87. The Morgan fingerprint density at radius 1 is 1.25 bits per heavy atom. The Labute approximate surface area is 106 Å². The lowest BCUT2D eigenvalue weighted by Gasteiger charge is -2.30. The standard InChI is InChI=1S/C14H29NS/c1-4-8-15-14(12(3)5-2)11-13-6-9-16-10-7-13/h12-15H,4-11H2,1-3H3. The second-order valence-corrected chi connectivity index (χ2v) is 6.46. The quantitative estimate of drug-likeness (QED) is 0.727. The van der Waals surface area contributed by atoms with E-state index in [0.717, 1.165) is 17.9 Å². The topological polar surface area (TPSA) is 12.0 Å². The lowest BCUT2D eigenvalue weighted by Crippen LogP contribution is -2.37. The molecule has 1 saturated heterocycles. The summed E-state index contributed by atoms with van der Waals surface area (Å²) in [6, 6.07) is 0.762. The van der Waals surface area contributed by atoms with E-state index >= 15 is 0 Å². The Hall–Kier alpha value is 0.310. The summed E-state index contributed by atoms with van der Waals surface area (Å²) < 4.78 is 0. The Morgan fingerprint density at radius 3 is 2.50 bits per heavy atom. The van der Waals surface area contributed by atoms with Gasteiger partial charge in [0.2, 0.25) is 0 Å². The average Bonchev–Trinajstić information content (AvgIpc) is 2.34. The normalized spacial score (nSPS) is 21.9. The van der Waals surface area contributed by atoms with Gasteiger partial charge in [-0.15, -0.1) is 0 Å². The third kappa shape index (κ3) is 5.09. The van der Waals surface area contributed by atoms with E-state index in [9.17, 15) is 0 Å². The molecule has 1 N–H and O–H groups in total. The van der Waals surface area contributed by atoms with Crippen LogP contribution in [0.4, 0.5) is 0 Å². The first-order valence-electron chi connectivity index (χ1n) is 7.09. The lowest BCUT2D eigenvalue weighted by molar-refractivity contribution is 0.289. The van der Waals surface area contributed by atoms with Gasteiger partial charge in [-0.05, 0) is 55.6 Å². The Bertz CT molecular complexity index is 166. The molecule has 96 valence electrons. The fraction of sp³-hybridized carbons (Fsp3) is 1.00. The highest BCUT2D eigenvalue weighted by Crippen LogP contribution is 2.28. The second-order valence-electron chi connectivity index (χ2n) is 5.24. The zero-order valence-corrected chi connectivity index (χ0v) is 12.1. The summed E-state index contributed by atoms with van der Waals surface area (Å²) in [6.45, 7) is 8.18. The van der Waals surface area contributed by atoms with Gasteiger partial charge < -0.3 is 5.32 Å². The highest BCUT2D eigenvalue weighted by atomic mass is 32.2. The number of rotatable bonds is 7. The smallest absolute Gasteiger partial charge is 0.00952 e. The molecule has 1 fully saturated rings. The molecule has 1 aliphatic rings. The fourth-order valence-corrected chi connectivity index (χ4v) is 3.68. The van der Waals surface area contributed by atoms with E-state index in [2.05, 4.69) is 37.8 Å². The van der Waals surface area contributed by atoms with E-state index in [-0.39, 0.29) is 0 Å². The largest absolute Gasteiger partial charge is 0.314 e. The van der Waals surface area contributed by atoms with E-state index in [1.54, 1.807) is 0 Å². The molecular formula is C14H29NS. The van der Waals surface area contributed by atoms with Crippen molar-refractivity contribution in [2.24, 2.45) is 11.8 Å². The van der Waals surface area contributed by atoms with E-state index in [4.69, 9.17) is 0 Å². The van der Waals surface area contributed by atoms with Gasteiger partial charge in [-0.2, -0.15) is 11.8 Å². The molecule has 0 bridgehead atoms. The van der Waals surface area contributed by atoms with Crippen molar-refractivity contribution < 1.29 is 0 Å². The molecule has 0 spiro atoms. The number of nitrogens with one attached hydrogen (secondary N) is 1. The van der Waals surface area contributed by atoms with Gasteiger partial charge >= 0.3 is 0 Å². The molecule has 2 unspecified atom stereocenters. The summed E-state index contributed by atoms with van der Waals surface area (Å²) >= 11 is 2.14. The summed E-state index contributed by atoms with van der Waals surface area (Å²) in [5.74, 6) is 4.61. The van der Waals surface area contributed by atoms with Gasteiger partial charge in [-0.3, -0.25) is 0 Å². The van der Waals surface area contributed by atoms with E-state index in [1.807, 2.05) is 0 Å². The average molecular weight is 243 g/mol. The highest BCUT2D eigenvalue weighted by Gasteiger charge is 2.21. The fourth-order valence-electron chi connectivity index (χ4n) is 2.47. The van der Waals surface area contributed by atoms with Crippen LogP contribution in [-0.4, -0.2) is 24.1 Å². The molecule has 0 aromatic heterocycles. The molecule has 1 heterocycles. The molecule has 0 aliphatic carbocycles. The van der Waals surface area contributed by atoms with Crippen LogP contribution in [0.3, 0.4) is 0 Å². The predicted molar refractivity (Wildman–Crippen MR) is 76.2 cm³/mol. The second kappa shape index (κ2) is 8.41. The summed E-state index contributed by atoms with van der Waals surface area (Å²) in [6.07, 6.45) is 6.88. The molecule has 1 nitrogen and oxygen atoms in total. The summed E-state index contributed by atoms with van der Waals surface area (Å²) in [5.41, 5.74) is 0. The van der Waals surface area contributed by atoms with Crippen LogP contribution in [0.1, 0.15) is 52.9 Å². The summed E-state index contributed by atoms with van der Waals surface area (Å²) in [4.78, 5) is 0. The molecule has 2 atom stereocenters. The van der Waals surface area contributed by atoms with Gasteiger partial charge in [0.15, 0.2) is 0 Å². The van der Waals surface area contributed by atoms with Gasteiger partial charge in [-0.25, -0.2) is 0 Å². The van der Waals surface area contributed by atoms with Crippen molar-refractivity contribution in [1.29, 1.82) is 0 Å². The van der Waals surface area contributed by atoms with Crippen LogP contribution in [0.5, 0.6) is 0 Å². The first kappa shape index (κ1) is 14.4. The number of hydrogen-bond donors (Lipinski definition) is 1. The van der Waals surface area contributed by atoms with E-state index in [0.29, 0.717) is 0 Å². The minimum atomic E-state index is 0.762. The SMILES string of the molecule is CCCNC(CC1CCSCC1)C(C)CC. The predicted octanol–water partition coefficient (Wildman–Crippen LogP) is 3.93. The van der Waals surface area contributed by atoms with Gasteiger partial charge in [0.05, 0.1) is 0 Å². The van der Waals surface area contributed by atoms with Crippen LogP contribution in [-0.2, 0) is 0 Å². The zero-order valence-electron chi connectivity index (χ0n) is 11.3. The molecule has 1 rings (SSSR count). The molecule has 0 aromatic carbocycles. The Balaban J connectivity index is 2.34. The first-order chi connectivity index (χ1) is 7.77. The highest BCUT2D eigenvalue weighted by molar-refractivity contribution is 7.99. The van der Waals surface area contributed by atoms with Crippen molar-refractivity contribution in [3.05, 3.63) is 0 Å². The van der Waals surface area contributed by atoms with E-state index < -0.39 is 0 Å². The van der Waals surface area contributed by atoms with Crippen LogP contribution in [0.2, 0.25) is 0 Å². The van der Waals surface area contributed by atoms with Crippen molar-refractivity contribution >= 4 is 11.8 Å². The zero-order chi connectivity index (χ0) is 11.8. The van der Waals surface area contributed by atoms with E-state index in [1.165, 1.54) is 50.2 Å². The summed E-state index contributed by atoms with van der Waals surface area (Å²) in [5, 5.41) is 3.76. The molecule has 0 radical (unpaired) electrons. The molecular weight excluding hydrogens is 214 g/mol. The van der Waals surface area contributed by atoms with Crippen molar-refractivity contribution in [2.45, 2.75) is 58.9 Å². The molecule has 1 aliphatic heterocycles. The number of thioether (sulfide) groups is 1. The van der Waals surface area contributed by atoms with Crippen molar-refractivity contribution in [3.63, 3.8) is 0 Å². The first-order valence-corrected chi connectivity index (χ1v) is 8.24. The van der Waals surface area contributed by atoms with Crippen LogP contribution >= 0.6 is 11.8 Å². The third-order valence-corrected chi connectivity index (χ3v) is 4.96. The van der Waals surface area contributed by atoms with Gasteiger partial charge in [-0.1, -0.05) is 27.2 Å². The maximum absolute atomic E-state index is 3.76. The van der Waals surface area contributed by atoms with Gasteiger partial charge in [0.25, 0.3) is 0 Å². The van der Waals surface area contributed by atoms with Crippen molar-refractivity contribution in [3.8, 4) is 0 Å². The van der Waals surface area contributed by atoms with Crippen LogP contribution in [0.15, 0.2) is 0 Å². The third-order valence-electron chi connectivity index (χ3n) is 3.92. The maximum Gasteiger partial charge on any atom is 0.00952 e. The monoisotopic (exact) mass is 243 g/mol. The molecule has 0 saturated carbocycles. The van der Waals surface area contributed by atoms with Gasteiger partial charge in [0.1, 0.15) is 0 Å². The van der Waals surface area contributed by atoms with Crippen molar-refractivity contribution in [2.75, 3.05) is 18.1 Å². The van der Waals surface area contributed by atoms with Crippen LogP contribution in [0.25, 0.3) is 0 Å².